The Morgan fingerprint density at radius 3 is 2.75 bits per heavy atom. The quantitative estimate of drug-likeness (QED) is 0.709. The summed E-state index contributed by atoms with van der Waals surface area (Å²) in [5, 5.41) is 3.05. The molecule has 0 saturated carbocycles. The smallest absolute Gasteiger partial charge is 0.147 e. The Balaban J connectivity index is 2.72. The summed E-state index contributed by atoms with van der Waals surface area (Å²) in [4.78, 5) is 10.9. The number of nitrogens with one attached hydrogen (secondary N) is 1. The van der Waals surface area contributed by atoms with Gasteiger partial charge in [-0.05, 0) is 13.5 Å². The van der Waals surface area contributed by atoms with Crippen molar-refractivity contribution in [3.63, 3.8) is 0 Å². The maximum atomic E-state index is 4.41. The molecule has 0 saturated heterocycles. The monoisotopic (exact) mass is 220 g/mol. The zero-order valence-corrected chi connectivity index (χ0v) is 10.1. The van der Waals surface area contributed by atoms with Gasteiger partial charge in [-0.3, -0.25) is 4.98 Å². The molecule has 0 aromatic carbocycles. The van der Waals surface area contributed by atoms with E-state index in [1.54, 1.807) is 0 Å². The van der Waals surface area contributed by atoms with Crippen LogP contribution in [0.25, 0.3) is 0 Å². The topological polar surface area (TPSA) is 41.1 Å². The molecule has 1 rings (SSSR count). The van der Waals surface area contributed by atoms with Crippen LogP contribution in [0.5, 0.6) is 0 Å². The molecule has 1 heterocycles. The second-order valence-electron chi connectivity index (χ2n) is 3.63. The van der Waals surface area contributed by atoms with Gasteiger partial charge in [0.25, 0.3) is 0 Å². The minimum atomic E-state index is 0.752. The fraction of sp³-hybridized carbons (Fsp3) is 0.500. The molecule has 0 aliphatic rings. The summed E-state index contributed by atoms with van der Waals surface area (Å²) in [6.45, 7) is 8.45. The van der Waals surface area contributed by atoms with Gasteiger partial charge >= 0.3 is 0 Å². The molecule has 0 amide bonds. The van der Waals surface area contributed by atoms with Gasteiger partial charge in [-0.2, -0.15) is 0 Å². The first-order valence-corrected chi connectivity index (χ1v) is 5.63. The Labute approximate surface area is 97.4 Å². The summed E-state index contributed by atoms with van der Waals surface area (Å²) >= 11 is 0. The van der Waals surface area contributed by atoms with Crippen molar-refractivity contribution in [1.29, 1.82) is 0 Å². The van der Waals surface area contributed by atoms with Crippen molar-refractivity contribution in [3.05, 3.63) is 30.7 Å². The van der Waals surface area contributed by atoms with Gasteiger partial charge in [0.15, 0.2) is 0 Å². The number of nitrogens with zero attached hydrogens (tertiary/aromatic N) is 3. The summed E-state index contributed by atoms with van der Waals surface area (Å²) in [5.74, 6) is 0.918. The molecule has 1 N–H and O–H groups in total. The van der Waals surface area contributed by atoms with E-state index in [2.05, 4.69) is 33.7 Å². The number of anilines is 1. The standard InChI is InChI=1S/C12H20N4/c1-4-6-16(7-5-2)12-10-14-11(8-13-3)9-15-12/h4,9-10,13H,1,5-8H2,2-3H3. The molecule has 4 heteroatoms. The highest BCUT2D eigenvalue weighted by Crippen LogP contribution is 2.09. The lowest BCUT2D eigenvalue weighted by Gasteiger charge is -2.20. The maximum Gasteiger partial charge on any atom is 0.147 e. The van der Waals surface area contributed by atoms with E-state index in [0.29, 0.717) is 0 Å². The van der Waals surface area contributed by atoms with Gasteiger partial charge in [-0.25, -0.2) is 4.98 Å². The molecule has 0 radical (unpaired) electrons. The van der Waals surface area contributed by atoms with Crippen molar-refractivity contribution in [2.75, 3.05) is 25.0 Å². The summed E-state index contributed by atoms with van der Waals surface area (Å²) < 4.78 is 0. The third-order valence-corrected chi connectivity index (χ3v) is 2.22. The summed E-state index contributed by atoms with van der Waals surface area (Å²) in [7, 11) is 1.90. The van der Waals surface area contributed by atoms with Gasteiger partial charge in [0.05, 0.1) is 18.1 Å². The normalized spacial score (nSPS) is 10.1. The van der Waals surface area contributed by atoms with E-state index >= 15 is 0 Å². The second-order valence-corrected chi connectivity index (χ2v) is 3.63. The van der Waals surface area contributed by atoms with Crippen LogP contribution in [-0.2, 0) is 6.54 Å². The summed E-state index contributed by atoms with van der Waals surface area (Å²) in [6, 6.07) is 0. The third kappa shape index (κ3) is 3.62. The van der Waals surface area contributed by atoms with Gasteiger partial charge in [-0.1, -0.05) is 13.0 Å². The first-order valence-electron chi connectivity index (χ1n) is 5.63. The van der Waals surface area contributed by atoms with Crippen LogP contribution in [0.3, 0.4) is 0 Å². The second kappa shape index (κ2) is 6.95. The van der Waals surface area contributed by atoms with Crippen molar-refractivity contribution in [3.8, 4) is 0 Å². The lowest BCUT2D eigenvalue weighted by atomic mass is 10.4. The highest BCUT2D eigenvalue weighted by molar-refractivity contribution is 5.36. The fourth-order valence-corrected chi connectivity index (χ4v) is 1.51. The Hall–Kier alpha value is -1.42. The van der Waals surface area contributed by atoms with Crippen LogP contribution in [0, 0.1) is 0 Å². The highest BCUT2D eigenvalue weighted by Gasteiger charge is 2.05. The van der Waals surface area contributed by atoms with Crippen LogP contribution in [0.2, 0.25) is 0 Å². The molecule has 0 bridgehead atoms. The zero-order chi connectivity index (χ0) is 11.8. The van der Waals surface area contributed by atoms with E-state index < -0.39 is 0 Å². The molecule has 0 aliphatic carbocycles. The van der Waals surface area contributed by atoms with Gasteiger partial charge in [0, 0.05) is 19.6 Å². The average molecular weight is 220 g/mol. The van der Waals surface area contributed by atoms with E-state index in [1.165, 1.54) is 0 Å². The molecule has 0 atom stereocenters. The molecule has 0 aliphatic heterocycles. The van der Waals surface area contributed by atoms with Crippen molar-refractivity contribution in [1.82, 2.24) is 15.3 Å². The number of hydrogen-bond acceptors (Lipinski definition) is 4. The molecule has 16 heavy (non-hydrogen) atoms. The van der Waals surface area contributed by atoms with Gasteiger partial charge in [0.2, 0.25) is 0 Å². The molecule has 0 spiro atoms. The molecular formula is C12H20N4. The number of aromatic nitrogens is 2. The Morgan fingerprint density at radius 2 is 2.25 bits per heavy atom. The van der Waals surface area contributed by atoms with E-state index in [1.807, 2.05) is 25.5 Å². The number of hydrogen-bond donors (Lipinski definition) is 1. The van der Waals surface area contributed by atoms with Gasteiger partial charge < -0.3 is 10.2 Å². The Bertz CT molecular complexity index is 307. The molecule has 0 fully saturated rings. The van der Waals surface area contributed by atoms with Crippen molar-refractivity contribution in [2.45, 2.75) is 19.9 Å². The van der Waals surface area contributed by atoms with Crippen LogP contribution < -0.4 is 10.2 Å². The molecule has 0 unspecified atom stereocenters. The molecular weight excluding hydrogens is 200 g/mol. The largest absolute Gasteiger partial charge is 0.352 e. The molecule has 1 aromatic rings. The SMILES string of the molecule is C=CCN(CCC)c1cnc(CNC)cn1. The van der Waals surface area contributed by atoms with Crippen LogP contribution in [0.15, 0.2) is 25.0 Å². The first kappa shape index (κ1) is 12.6. The van der Waals surface area contributed by atoms with Crippen LogP contribution in [0.4, 0.5) is 5.82 Å². The minimum absolute atomic E-state index is 0.752. The van der Waals surface area contributed by atoms with E-state index in [0.717, 1.165) is 37.6 Å². The zero-order valence-electron chi connectivity index (χ0n) is 10.1. The minimum Gasteiger partial charge on any atom is -0.352 e. The maximum absolute atomic E-state index is 4.41. The van der Waals surface area contributed by atoms with Crippen molar-refractivity contribution in [2.24, 2.45) is 0 Å². The summed E-state index contributed by atoms with van der Waals surface area (Å²) in [5.41, 5.74) is 0.960. The van der Waals surface area contributed by atoms with Gasteiger partial charge in [-0.15, -0.1) is 6.58 Å². The van der Waals surface area contributed by atoms with Gasteiger partial charge in [0.1, 0.15) is 5.82 Å². The average Bonchev–Trinajstić information content (AvgIpc) is 2.30. The van der Waals surface area contributed by atoms with Crippen LogP contribution >= 0.6 is 0 Å². The predicted octanol–water partition coefficient (Wildman–Crippen LogP) is 1.60. The molecule has 4 nitrogen and oxygen atoms in total. The third-order valence-electron chi connectivity index (χ3n) is 2.22. The predicted molar refractivity (Wildman–Crippen MR) is 67.5 cm³/mol. The Kier molecular flexibility index (Phi) is 5.50. The van der Waals surface area contributed by atoms with E-state index in [4.69, 9.17) is 0 Å². The van der Waals surface area contributed by atoms with Crippen LogP contribution in [-0.4, -0.2) is 30.1 Å². The summed E-state index contributed by atoms with van der Waals surface area (Å²) in [6.07, 6.45) is 6.62. The number of rotatable bonds is 7. The highest BCUT2D eigenvalue weighted by atomic mass is 15.2. The van der Waals surface area contributed by atoms with Crippen molar-refractivity contribution < 1.29 is 0 Å². The Morgan fingerprint density at radius 1 is 1.44 bits per heavy atom. The fourth-order valence-electron chi connectivity index (χ4n) is 1.51. The first-order chi connectivity index (χ1) is 7.81. The lowest BCUT2D eigenvalue weighted by molar-refractivity contribution is 0.768. The molecule has 1 aromatic heterocycles. The lowest BCUT2D eigenvalue weighted by Crippen LogP contribution is -2.25. The molecule has 88 valence electrons. The van der Waals surface area contributed by atoms with E-state index in [9.17, 15) is 0 Å². The van der Waals surface area contributed by atoms with E-state index in [-0.39, 0.29) is 0 Å². The van der Waals surface area contributed by atoms with Crippen molar-refractivity contribution >= 4 is 5.82 Å². The van der Waals surface area contributed by atoms with Crippen LogP contribution in [0.1, 0.15) is 19.0 Å².